The molecule has 0 aliphatic carbocycles. The quantitative estimate of drug-likeness (QED) is 0.563. The van der Waals surface area contributed by atoms with Crippen LogP contribution < -0.4 is 20.1 Å². The zero-order valence-corrected chi connectivity index (χ0v) is 16.2. The normalized spacial score (nSPS) is 10.2. The van der Waals surface area contributed by atoms with Crippen molar-refractivity contribution in [1.29, 1.82) is 0 Å². The number of amides is 1. The van der Waals surface area contributed by atoms with Gasteiger partial charge in [-0.15, -0.1) is 0 Å². The van der Waals surface area contributed by atoms with E-state index in [4.69, 9.17) is 21.1 Å². The molecular weight excluding hydrogens is 376 g/mol. The fraction of sp³-hybridized carbons (Fsp3) is 0.136. The second-order valence-electron chi connectivity index (χ2n) is 6.05. The van der Waals surface area contributed by atoms with Crippen molar-refractivity contribution in [2.75, 3.05) is 24.4 Å². The minimum absolute atomic E-state index is 0.124. The summed E-state index contributed by atoms with van der Waals surface area (Å²) >= 11 is 5.84. The van der Waals surface area contributed by atoms with Gasteiger partial charge >= 0.3 is 0 Å². The summed E-state index contributed by atoms with van der Waals surface area (Å²) in [5.74, 6) is 0.822. The zero-order chi connectivity index (χ0) is 19.8. The van der Waals surface area contributed by atoms with E-state index >= 15 is 0 Å². The summed E-state index contributed by atoms with van der Waals surface area (Å²) in [5, 5.41) is 6.71. The summed E-state index contributed by atoms with van der Waals surface area (Å²) in [6.45, 7) is 0.526. The van der Waals surface area contributed by atoms with E-state index in [0.717, 1.165) is 11.3 Å². The van der Waals surface area contributed by atoms with Gasteiger partial charge in [-0.3, -0.25) is 4.79 Å². The third-order valence-electron chi connectivity index (χ3n) is 3.99. The highest BCUT2D eigenvalue weighted by atomic mass is 35.5. The van der Waals surface area contributed by atoms with E-state index < -0.39 is 0 Å². The van der Waals surface area contributed by atoms with E-state index in [1.54, 1.807) is 37.4 Å². The smallest absolute Gasteiger partial charge is 0.262 e. The Morgan fingerprint density at radius 2 is 1.68 bits per heavy atom. The fourth-order valence-corrected chi connectivity index (χ4v) is 2.70. The lowest BCUT2D eigenvalue weighted by Gasteiger charge is -2.13. The molecule has 0 unspecified atom stereocenters. The van der Waals surface area contributed by atoms with Crippen LogP contribution in [0.15, 0.2) is 72.8 Å². The number of methoxy groups -OCH3 is 1. The summed E-state index contributed by atoms with van der Waals surface area (Å²) in [7, 11) is 1.57. The van der Waals surface area contributed by atoms with Crippen LogP contribution >= 0.6 is 11.6 Å². The highest BCUT2D eigenvalue weighted by Gasteiger charge is 2.09. The first-order chi connectivity index (χ1) is 13.6. The summed E-state index contributed by atoms with van der Waals surface area (Å²) in [6.07, 6.45) is 0. The number of anilines is 2. The molecule has 5 nitrogen and oxygen atoms in total. The van der Waals surface area contributed by atoms with Crippen molar-refractivity contribution in [2.45, 2.75) is 6.54 Å². The molecule has 0 saturated heterocycles. The van der Waals surface area contributed by atoms with Crippen LogP contribution in [0.1, 0.15) is 5.56 Å². The molecule has 3 aromatic rings. The van der Waals surface area contributed by atoms with Crippen LogP contribution in [0.2, 0.25) is 5.02 Å². The van der Waals surface area contributed by atoms with Gasteiger partial charge in [0.25, 0.3) is 5.91 Å². The lowest BCUT2D eigenvalue weighted by molar-refractivity contribution is -0.118. The number of carbonyl (C=O) groups is 1. The molecule has 0 fully saturated rings. The molecule has 0 aliphatic rings. The zero-order valence-electron chi connectivity index (χ0n) is 15.4. The van der Waals surface area contributed by atoms with Crippen molar-refractivity contribution in [3.8, 4) is 11.5 Å². The van der Waals surface area contributed by atoms with E-state index in [1.165, 1.54) is 0 Å². The van der Waals surface area contributed by atoms with Crippen molar-refractivity contribution in [3.05, 3.63) is 83.4 Å². The van der Waals surface area contributed by atoms with Crippen LogP contribution in [0, 0.1) is 0 Å². The molecular formula is C22H21ClN2O3. The largest absolute Gasteiger partial charge is 0.493 e. The Hall–Kier alpha value is -3.18. The fourth-order valence-electron chi connectivity index (χ4n) is 2.57. The monoisotopic (exact) mass is 396 g/mol. The molecule has 0 saturated carbocycles. The maximum absolute atomic E-state index is 12.1. The predicted octanol–water partition coefficient (Wildman–Crippen LogP) is 4.98. The summed E-state index contributed by atoms with van der Waals surface area (Å²) in [6, 6.07) is 22.5. The van der Waals surface area contributed by atoms with E-state index in [0.29, 0.717) is 28.8 Å². The topological polar surface area (TPSA) is 59.6 Å². The number of ether oxygens (including phenoxy) is 2. The lowest BCUT2D eigenvalue weighted by Crippen LogP contribution is -2.20. The molecule has 2 N–H and O–H groups in total. The summed E-state index contributed by atoms with van der Waals surface area (Å²) in [4.78, 5) is 12.1. The van der Waals surface area contributed by atoms with Crippen LogP contribution in [0.25, 0.3) is 0 Å². The number of hydrogen-bond acceptors (Lipinski definition) is 4. The van der Waals surface area contributed by atoms with Crippen LogP contribution in [-0.4, -0.2) is 19.6 Å². The Morgan fingerprint density at radius 1 is 0.929 bits per heavy atom. The SMILES string of the molecule is COc1cc(CNc2ccccc2)ccc1OCC(=O)Nc1ccc(Cl)cc1. The van der Waals surface area contributed by atoms with Crippen LogP contribution in [0.4, 0.5) is 11.4 Å². The minimum Gasteiger partial charge on any atom is -0.493 e. The summed E-state index contributed by atoms with van der Waals surface area (Å²) in [5.41, 5.74) is 2.74. The number of para-hydroxylation sites is 1. The molecule has 0 heterocycles. The van der Waals surface area contributed by atoms with Crippen molar-refractivity contribution in [2.24, 2.45) is 0 Å². The second-order valence-corrected chi connectivity index (χ2v) is 6.48. The van der Waals surface area contributed by atoms with Crippen molar-refractivity contribution in [1.82, 2.24) is 0 Å². The molecule has 3 aromatic carbocycles. The standard InChI is InChI=1S/C22H21ClN2O3/c1-27-21-13-16(14-24-18-5-3-2-4-6-18)7-12-20(21)28-15-22(26)25-19-10-8-17(23)9-11-19/h2-13,24H,14-15H2,1H3,(H,25,26). The van der Waals surface area contributed by atoms with Gasteiger partial charge in [-0.25, -0.2) is 0 Å². The van der Waals surface area contributed by atoms with Gasteiger partial charge in [0.2, 0.25) is 0 Å². The van der Waals surface area contributed by atoms with Crippen molar-refractivity contribution in [3.63, 3.8) is 0 Å². The number of carbonyl (C=O) groups excluding carboxylic acids is 1. The van der Waals surface area contributed by atoms with E-state index in [1.807, 2.05) is 42.5 Å². The first-order valence-electron chi connectivity index (χ1n) is 8.78. The Labute approximate surface area is 169 Å². The molecule has 0 radical (unpaired) electrons. The third kappa shape index (κ3) is 5.66. The van der Waals surface area contributed by atoms with Gasteiger partial charge in [0, 0.05) is 22.9 Å². The van der Waals surface area contributed by atoms with E-state index in [2.05, 4.69) is 10.6 Å². The Kier molecular flexibility index (Phi) is 6.76. The van der Waals surface area contributed by atoms with E-state index in [9.17, 15) is 4.79 Å². The molecule has 1 amide bonds. The number of nitrogens with one attached hydrogen (secondary N) is 2. The van der Waals surface area contributed by atoms with Gasteiger partial charge < -0.3 is 20.1 Å². The first-order valence-corrected chi connectivity index (χ1v) is 9.16. The molecule has 0 bridgehead atoms. The molecule has 28 heavy (non-hydrogen) atoms. The molecule has 144 valence electrons. The van der Waals surface area contributed by atoms with Gasteiger partial charge in [-0.05, 0) is 54.1 Å². The molecule has 3 rings (SSSR count). The number of rotatable bonds is 8. The average Bonchev–Trinajstić information content (AvgIpc) is 2.73. The summed E-state index contributed by atoms with van der Waals surface area (Å²) < 4.78 is 11.0. The van der Waals surface area contributed by atoms with Gasteiger partial charge in [0.15, 0.2) is 18.1 Å². The van der Waals surface area contributed by atoms with E-state index in [-0.39, 0.29) is 12.5 Å². The van der Waals surface area contributed by atoms with Gasteiger partial charge in [0.1, 0.15) is 0 Å². The molecule has 6 heteroatoms. The molecule has 0 spiro atoms. The van der Waals surface area contributed by atoms with Crippen LogP contribution in [0.5, 0.6) is 11.5 Å². The Bertz CT molecular complexity index is 915. The third-order valence-corrected chi connectivity index (χ3v) is 4.24. The Balaban J connectivity index is 1.56. The predicted molar refractivity (Wildman–Crippen MR) is 112 cm³/mol. The highest BCUT2D eigenvalue weighted by Crippen LogP contribution is 2.28. The minimum atomic E-state index is -0.265. The Morgan fingerprint density at radius 3 is 2.39 bits per heavy atom. The van der Waals surface area contributed by atoms with Crippen LogP contribution in [-0.2, 0) is 11.3 Å². The van der Waals surface area contributed by atoms with Gasteiger partial charge in [0.05, 0.1) is 7.11 Å². The maximum atomic E-state index is 12.1. The molecule has 0 aromatic heterocycles. The van der Waals surface area contributed by atoms with Crippen LogP contribution in [0.3, 0.4) is 0 Å². The maximum Gasteiger partial charge on any atom is 0.262 e. The number of hydrogen-bond donors (Lipinski definition) is 2. The molecule has 0 atom stereocenters. The lowest BCUT2D eigenvalue weighted by atomic mass is 10.2. The highest BCUT2D eigenvalue weighted by molar-refractivity contribution is 6.30. The van der Waals surface area contributed by atoms with Gasteiger partial charge in [-0.2, -0.15) is 0 Å². The second kappa shape index (κ2) is 9.67. The number of benzene rings is 3. The molecule has 0 aliphatic heterocycles. The van der Waals surface area contributed by atoms with Crippen molar-refractivity contribution < 1.29 is 14.3 Å². The van der Waals surface area contributed by atoms with Crippen molar-refractivity contribution >= 4 is 28.9 Å². The number of halogens is 1. The van der Waals surface area contributed by atoms with Gasteiger partial charge in [-0.1, -0.05) is 35.9 Å². The average molecular weight is 397 g/mol. The first kappa shape index (κ1) is 19.6.